The number of aromatic nitrogens is 2. The number of rotatable bonds is 7. The largest absolute Gasteiger partial charge is 0.383 e. The molecular weight excluding hydrogens is 330 g/mol. The van der Waals surface area contributed by atoms with Gasteiger partial charge in [0.25, 0.3) is 0 Å². The van der Waals surface area contributed by atoms with E-state index in [-0.39, 0.29) is 5.25 Å². The zero-order valence-electron chi connectivity index (χ0n) is 14.5. The molecule has 25 heavy (non-hydrogen) atoms. The SMILES string of the molecule is COCCn1c(S[C@H](C#N)Cc2ccc(C)cc2)nc2ccccc21. The highest BCUT2D eigenvalue weighted by Gasteiger charge is 2.17. The lowest BCUT2D eigenvalue weighted by atomic mass is 10.1. The third-order valence-corrected chi connectivity index (χ3v) is 5.15. The molecule has 2 aromatic carbocycles. The Kier molecular flexibility index (Phi) is 5.75. The van der Waals surface area contributed by atoms with E-state index >= 15 is 0 Å². The molecule has 128 valence electrons. The van der Waals surface area contributed by atoms with Crippen LogP contribution in [0.15, 0.2) is 53.7 Å². The summed E-state index contributed by atoms with van der Waals surface area (Å²) in [5, 5.41) is 10.3. The van der Waals surface area contributed by atoms with E-state index in [9.17, 15) is 5.26 Å². The molecule has 0 aliphatic rings. The van der Waals surface area contributed by atoms with Gasteiger partial charge in [0, 0.05) is 13.7 Å². The number of nitriles is 1. The van der Waals surface area contributed by atoms with Crippen LogP contribution in [0.25, 0.3) is 11.0 Å². The van der Waals surface area contributed by atoms with Gasteiger partial charge in [0.2, 0.25) is 0 Å². The Morgan fingerprint density at radius 3 is 2.68 bits per heavy atom. The van der Waals surface area contributed by atoms with Crippen molar-refractivity contribution < 1.29 is 4.74 Å². The van der Waals surface area contributed by atoms with Crippen LogP contribution in [0.5, 0.6) is 0 Å². The highest BCUT2D eigenvalue weighted by Crippen LogP contribution is 2.28. The van der Waals surface area contributed by atoms with Crippen molar-refractivity contribution in [2.24, 2.45) is 0 Å². The molecule has 1 atom stereocenters. The fourth-order valence-electron chi connectivity index (χ4n) is 2.72. The maximum Gasteiger partial charge on any atom is 0.170 e. The molecule has 0 amide bonds. The number of ether oxygens (including phenoxy) is 1. The molecule has 0 saturated heterocycles. The predicted molar refractivity (Wildman–Crippen MR) is 102 cm³/mol. The van der Waals surface area contributed by atoms with Crippen molar-refractivity contribution in [3.8, 4) is 6.07 Å². The minimum Gasteiger partial charge on any atom is -0.383 e. The van der Waals surface area contributed by atoms with Gasteiger partial charge >= 0.3 is 0 Å². The second kappa shape index (κ2) is 8.19. The summed E-state index contributed by atoms with van der Waals surface area (Å²) in [6.07, 6.45) is 0.703. The van der Waals surface area contributed by atoms with E-state index < -0.39 is 0 Å². The van der Waals surface area contributed by atoms with Crippen LogP contribution in [0.1, 0.15) is 11.1 Å². The molecule has 3 aromatic rings. The highest BCUT2D eigenvalue weighted by atomic mass is 32.2. The maximum absolute atomic E-state index is 9.61. The number of methoxy groups -OCH3 is 1. The van der Waals surface area contributed by atoms with E-state index in [0.29, 0.717) is 13.0 Å². The summed E-state index contributed by atoms with van der Waals surface area (Å²) >= 11 is 1.53. The number of benzene rings is 2. The second-order valence-corrected chi connectivity index (χ2v) is 7.12. The van der Waals surface area contributed by atoms with Crippen molar-refractivity contribution in [3.63, 3.8) is 0 Å². The number of thioether (sulfide) groups is 1. The quantitative estimate of drug-likeness (QED) is 0.598. The van der Waals surface area contributed by atoms with Crippen LogP contribution in [0.2, 0.25) is 0 Å². The van der Waals surface area contributed by atoms with Gasteiger partial charge < -0.3 is 9.30 Å². The van der Waals surface area contributed by atoms with E-state index in [1.165, 1.54) is 22.9 Å². The Bertz CT molecular complexity index is 880. The molecule has 4 nitrogen and oxygen atoms in total. The van der Waals surface area contributed by atoms with Gasteiger partial charge in [-0.05, 0) is 31.0 Å². The van der Waals surface area contributed by atoms with Crippen molar-refractivity contribution >= 4 is 22.8 Å². The normalized spacial score (nSPS) is 12.2. The van der Waals surface area contributed by atoms with Crippen molar-refractivity contribution in [1.82, 2.24) is 9.55 Å². The average molecular weight is 351 g/mol. The number of fused-ring (bicyclic) bond motifs is 1. The smallest absolute Gasteiger partial charge is 0.170 e. The van der Waals surface area contributed by atoms with Crippen LogP contribution in [0.4, 0.5) is 0 Å². The summed E-state index contributed by atoms with van der Waals surface area (Å²) in [4.78, 5) is 4.73. The summed E-state index contributed by atoms with van der Waals surface area (Å²) in [6.45, 7) is 3.41. The zero-order chi connectivity index (χ0) is 17.6. The van der Waals surface area contributed by atoms with Crippen LogP contribution in [-0.4, -0.2) is 28.5 Å². The lowest BCUT2D eigenvalue weighted by molar-refractivity contribution is 0.186. The van der Waals surface area contributed by atoms with E-state index in [2.05, 4.69) is 47.9 Å². The maximum atomic E-state index is 9.61. The summed E-state index contributed by atoms with van der Waals surface area (Å²) in [6, 6.07) is 18.8. The minimum absolute atomic E-state index is 0.180. The first-order chi connectivity index (χ1) is 12.2. The Morgan fingerprint density at radius 2 is 1.96 bits per heavy atom. The third-order valence-electron chi connectivity index (χ3n) is 4.07. The first kappa shape index (κ1) is 17.5. The van der Waals surface area contributed by atoms with Crippen molar-refractivity contribution in [2.45, 2.75) is 30.3 Å². The van der Waals surface area contributed by atoms with E-state index in [0.717, 1.165) is 22.7 Å². The summed E-state index contributed by atoms with van der Waals surface area (Å²) in [5.41, 5.74) is 4.43. The molecule has 1 aromatic heterocycles. The van der Waals surface area contributed by atoms with E-state index in [1.807, 2.05) is 18.2 Å². The molecule has 0 fully saturated rings. The molecule has 0 radical (unpaired) electrons. The number of imidazole rings is 1. The Hall–Kier alpha value is -2.29. The van der Waals surface area contributed by atoms with Gasteiger partial charge in [0.05, 0.1) is 23.7 Å². The molecule has 0 bridgehead atoms. The first-order valence-corrected chi connectivity index (χ1v) is 9.15. The molecule has 0 aliphatic heterocycles. The van der Waals surface area contributed by atoms with Gasteiger partial charge in [0.15, 0.2) is 5.16 Å². The van der Waals surface area contributed by atoms with Crippen LogP contribution < -0.4 is 0 Å². The topological polar surface area (TPSA) is 50.8 Å². The Balaban J connectivity index is 1.84. The monoisotopic (exact) mass is 351 g/mol. The van der Waals surface area contributed by atoms with Crippen molar-refractivity contribution in [3.05, 3.63) is 59.7 Å². The van der Waals surface area contributed by atoms with Crippen LogP contribution in [-0.2, 0) is 17.7 Å². The molecule has 3 rings (SSSR count). The number of aryl methyl sites for hydroxylation is 1. The molecule has 5 heteroatoms. The number of hydrogen-bond acceptors (Lipinski definition) is 4. The fraction of sp³-hybridized carbons (Fsp3) is 0.300. The van der Waals surface area contributed by atoms with Gasteiger partial charge in [-0.2, -0.15) is 5.26 Å². The minimum atomic E-state index is -0.180. The van der Waals surface area contributed by atoms with Crippen LogP contribution in [0, 0.1) is 18.3 Å². The first-order valence-electron chi connectivity index (χ1n) is 8.27. The lowest BCUT2D eigenvalue weighted by Gasteiger charge is -2.11. The van der Waals surface area contributed by atoms with Gasteiger partial charge in [-0.15, -0.1) is 0 Å². The van der Waals surface area contributed by atoms with Crippen molar-refractivity contribution in [2.75, 3.05) is 13.7 Å². The van der Waals surface area contributed by atoms with Gasteiger partial charge in [-0.3, -0.25) is 0 Å². The molecule has 0 saturated carbocycles. The number of para-hydroxylation sites is 2. The molecular formula is C20H21N3OS. The molecule has 0 N–H and O–H groups in total. The summed E-state index contributed by atoms with van der Waals surface area (Å²) in [5.74, 6) is 0. The Labute approximate surface area is 152 Å². The van der Waals surface area contributed by atoms with Gasteiger partial charge in [-0.25, -0.2) is 4.98 Å². The van der Waals surface area contributed by atoms with Crippen molar-refractivity contribution in [1.29, 1.82) is 5.26 Å². The van der Waals surface area contributed by atoms with E-state index in [4.69, 9.17) is 9.72 Å². The van der Waals surface area contributed by atoms with Crippen LogP contribution in [0.3, 0.4) is 0 Å². The Morgan fingerprint density at radius 1 is 1.20 bits per heavy atom. The summed E-state index contributed by atoms with van der Waals surface area (Å²) < 4.78 is 7.38. The van der Waals surface area contributed by atoms with Gasteiger partial charge in [0.1, 0.15) is 5.25 Å². The summed E-state index contributed by atoms with van der Waals surface area (Å²) in [7, 11) is 1.70. The number of hydrogen-bond donors (Lipinski definition) is 0. The third kappa shape index (κ3) is 4.22. The lowest BCUT2D eigenvalue weighted by Crippen LogP contribution is -2.09. The molecule has 0 spiro atoms. The highest BCUT2D eigenvalue weighted by molar-refractivity contribution is 8.00. The fourth-order valence-corrected chi connectivity index (χ4v) is 3.77. The predicted octanol–water partition coefficient (Wildman–Crippen LogP) is 4.22. The molecule has 1 heterocycles. The second-order valence-electron chi connectivity index (χ2n) is 5.95. The average Bonchev–Trinajstić information content (AvgIpc) is 2.98. The molecule has 0 unspecified atom stereocenters. The zero-order valence-corrected chi connectivity index (χ0v) is 15.3. The number of nitrogens with zero attached hydrogens (tertiary/aromatic N) is 3. The standard InChI is InChI=1S/C20H21N3OS/c1-15-7-9-16(10-8-15)13-17(14-21)25-20-22-18-5-3-4-6-19(18)23(20)11-12-24-2/h3-10,17H,11-13H2,1-2H3/t17-/m0/s1. The van der Waals surface area contributed by atoms with E-state index in [1.54, 1.807) is 7.11 Å². The van der Waals surface area contributed by atoms with Gasteiger partial charge in [-0.1, -0.05) is 53.7 Å². The molecule has 0 aliphatic carbocycles. The van der Waals surface area contributed by atoms with Crippen LogP contribution >= 0.6 is 11.8 Å².